The summed E-state index contributed by atoms with van der Waals surface area (Å²) in [5.74, 6) is 0. The smallest absolute Gasteiger partial charge is 0.322 e. The molecule has 1 aliphatic rings. The predicted octanol–water partition coefficient (Wildman–Crippen LogP) is 5.13. The van der Waals surface area contributed by atoms with Crippen LogP contribution in [-0.4, -0.2) is 23.5 Å². The Labute approximate surface area is 134 Å². The van der Waals surface area contributed by atoms with Gasteiger partial charge in [0.2, 0.25) is 0 Å². The third kappa shape index (κ3) is 4.33. The Morgan fingerprint density at radius 2 is 1.58 bits per heavy atom. The van der Waals surface area contributed by atoms with E-state index in [-0.39, 0.29) is 12.1 Å². The van der Waals surface area contributed by atoms with Crippen LogP contribution < -0.4 is 5.32 Å². The van der Waals surface area contributed by atoms with Gasteiger partial charge >= 0.3 is 18.4 Å². The molecule has 0 saturated carbocycles. The standard InChI is InChI=1S/C15H16F6N2O/c1-9-4-2-3-5-23(9)13(24)22-12-7-10(14(16,17)18)6-11(8-12)15(19,20)21/h6-9H,2-5H2,1H3,(H,22,24). The van der Waals surface area contributed by atoms with Crippen LogP contribution in [0.2, 0.25) is 0 Å². The zero-order chi connectivity index (χ0) is 18.1. The van der Waals surface area contributed by atoms with E-state index < -0.39 is 35.2 Å². The van der Waals surface area contributed by atoms with Crippen molar-refractivity contribution in [2.24, 2.45) is 0 Å². The van der Waals surface area contributed by atoms with Crippen LogP contribution in [0.3, 0.4) is 0 Å². The van der Waals surface area contributed by atoms with E-state index in [1.807, 2.05) is 0 Å². The highest BCUT2D eigenvalue weighted by molar-refractivity contribution is 5.89. The number of carbonyl (C=O) groups excluding carboxylic acids is 1. The second-order valence-electron chi connectivity index (χ2n) is 5.76. The Morgan fingerprint density at radius 3 is 2.04 bits per heavy atom. The van der Waals surface area contributed by atoms with Crippen molar-refractivity contribution < 1.29 is 31.1 Å². The number of halogens is 6. The molecule has 1 atom stereocenters. The Morgan fingerprint density at radius 1 is 1.04 bits per heavy atom. The summed E-state index contributed by atoms with van der Waals surface area (Å²) in [4.78, 5) is 13.6. The van der Waals surface area contributed by atoms with Gasteiger partial charge < -0.3 is 10.2 Å². The normalized spacial score (nSPS) is 19.3. The second kappa shape index (κ2) is 6.52. The third-order valence-corrected chi connectivity index (χ3v) is 3.90. The molecule has 1 unspecified atom stereocenters. The number of carbonyl (C=O) groups is 1. The summed E-state index contributed by atoms with van der Waals surface area (Å²) in [6.07, 6.45) is -7.48. The highest BCUT2D eigenvalue weighted by Crippen LogP contribution is 2.37. The summed E-state index contributed by atoms with van der Waals surface area (Å²) in [5.41, 5.74) is -3.45. The van der Waals surface area contributed by atoms with Gasteiger partial charge in [0.05, 0.1) is 11.1 Å². The zero-order valence-electron chi connectivity index (χ0n) is 12.8. The first-order valence-corrected chi connectivity index (χ1v) is 7.35. The highest BCUT2D eigenvalue weighted by Gasteiger charge is 2.37. The fourth-order valence-electron chi connectivity index (χ4n) is 2.62. The summed E-state index contributed by atoms with van der Waals surface area (Å²) in [5, 5.41) is 2.15. The van der Waals surface area contributed by atoms with E-state index in [1.54, 1.807) is 6.92 Å². The SMILES string of the molecule is CC1CCCCN1C(=O)Nc1cc(C(F)(F)F)cc(C(F)(F)F)c1. The van der Waals surface area contributed by atoms with Crippen LogP contribution >= 0.6 is 0 Å². The van der Waals surface area contributed by atoms with Gasteiger partial charge in [-0.2, -0.15) is 26.3 Å². The van der Waals surface area contributed by atoms with Crippen molar-refractivity contribution in [3.8, 4) is 0 Å². The van der Waals surface area contributed by atoms with Gasteiger partial charge in [0.25, 0.3) is 0 Å². The largest absolute Gasteiger partial charge is 0.416 e. The average Bonchev–Trinajstić information content (AvgIpc) is 2.45. The predicted molar refractivity (Wildman–Crippen MR) is 75.5 cm³/mol. The van der Waals surface area contributed by atoms with E-state index in [2.05, 4.69) is 5.32 Å². The van der Waals surface area contributed by atoms with Crippen molar-refractivity contribution in [1.82, 2.24) is 4.90 Å². The molecule has 9 heteroatoms. The van der Waals surface area contributed by atoms with E-state index in [1.165, 1.54) is 4.90 Å². The number of nitrogens with zero attached hydrogens (tertiary/aromatic N) is 1. The number of urea groups is 1. The highest BCUT2D eigenvalue weighted by atomic mass is 19.4. The first kappa shape index (κ1) is 18.4. The zero-order valence-corrected chi connectivity index (χ0v) is 12.8. The molecule has 24 heavy (non-hydrogen) atoms. The molecule has 0 spiro atoms. The quantitative estimate of drug-likeness (QED) is 0.697. The molecule has 0 bridgehead atoms. The first-order valence-electron chi connectivity index (χ1n) is 7.35. The number of hydrogen-bond donors (Lipinski definition) is 1. The Balaban J connectivity index is 2.30. The summed E-state index contributed by atoms with van der Waals surface area (Å²) < 4.78 is 76.8. The van der Waals surface area contributed by atoms with Crippen LogP contribution in [0, 0.1) is 0 Å². The van der Waals surface area contributed by atoms with Crippen LogP contribution in [0.5, 0.6) is 0 Å². The number of nitrogens with one attached hydrogen (secondary N) is 1. The molecule has 0 aliphatic carbocycles. The average molecular weight is 354 g/mol. The number of benzene rings is 1. The van der Waals surface area contributed by atoms with E-state index >= 15 is 0 Å². The van der Waals surface area contributed by atoms with Crippen molar-refractivity contribution in [3.05, 3.63) is 29.3 Å². The Bertz CT molecular complexity index is 579. The monoisotopic (exact) mass is 354 g/mol. The Kier molecular flexibility index (Phi) is 5.00. The molecule has 1 aliphatic heterocycles. The summed E-state index contributed by atoms with van der Waals surface area (Å²) in [7, 11) is 0. The molecule has 1 aromatic rings. The van der Waals surface area contributed by atoms with E-state index in [0.717, 1.165) is 19.3 Å². The van der Waals surface area contributed by atoms with Crippen LogP contribution in [0.1, 0.15) is 37.3 Å². The van der Waals surface area contributed by atoms with Gasteiger partial charge in [0.1, 0.15) is 0 Å². The molecule has 2 amide bonds. The lowest BCUT2D eigenvalue weighted by molar-refractivity contribution is -0.143. The minimum absolute atomic E-state index is 0.0270. The maximum Gasteiger partial charge on any atom is 0.416 e. The van der Waals surface area contributed by atoms with Gasteiger partial charge in [0.15, 0.2) is 0 Å². The van der Waals surface area contributed by atoms with E-state index in [4.69, 9.17) is 0 Å². The van der Waals surface area contributed by atoms with E-state index in [9.17, 15) is 31.1 Å². The van der Waals surface area contributed by atoms with Gasteiger partial charge in [-0.05, 0) is 44.4 Å². The summed E-state index contributed by atoms with van der Waals surface area (Å²) in [6.45, 7) is 2.20. The number of alkyl halides is 6. The van der Waals surface area contributed by atoms with Gasteiger partial charge in [-0.3, -0.25) is 0 Å². The van der Waals surface area contributed by atoms with Gasteiger partial charge in [-0.15, -0.1) is 0 Å². The maximum atomic E-state index is 12.8. The molecule has 1 N–H and O–H groups in total. The van der Waals surface area contributed by atoms with Gasteiger partial charge in [0, 0.05) is 18.3 Å². The van der Waals surface area contributed by atoms with Crippen molar-refractivity contribution >= 4 is 11.7 Å². The number of anilines is 1. The number of piperidine rings is 1. The molecule has 1 aromatic carbocycles. The molecular weight excluding hydrogens is 338 g/mol. The molecule has 1 saturated heterocycles. The minimum Gasteiger partial charge on any atom is -0.322 e. The fourth-order valence-corrected chi connectivity index (χ4v) is 2.62. The van der Waals surface area contributed by atoms with E-state index in [0.29, 0.717) is 18.7 Å². The number of likely N-dealkylation sites (tertiary alicyclic amines) is 1. The van der Waals surface area contributed by atoms with Crippen molar-refractivity contribution in [1.29, 1.82) is 0 Å². The summed E-state index contributed by atoms with van der Waals surface area (Å²) >= 11 is 0. The Hall–Kier alpha value is -1.93. The lowest BCUT2D eigenvalue weighted by Crippen LogP contribution is -2.44. The molecule has 1 heterocycles. The lowest BCUT2D eigenvalue weighted by Gasteiger charge is -2.33. The van der Waals surface area contributed by atoms with Crippen molar-refractivity contribution in [3.63, 3.8) is 0 Å². The van der Waals surface area contributed by atoms with Crippen LogP contribution in [0.25, 0.3) is 0 Å². The van der Waals surface area contributed by atoms with Crippen molar-refractivity contribution in [2.75, 3.05) is 11.9 Å². The van der Waals surface area contributed by atoms with Crippen LogP contribution in [-0.2, 0) is 12.4 Å². The van der Waals surface area contributed by atoms with Gasteiger partial charge in [-0.1, -0.05) is 0 Å². The number of rotatable bonds is 1. The summed E-state index contributed by atoms with van der Waals surface area (Å²) in [6, 6.07) is 0.212. The maximum absolute atomic E-state index is 12.8. The molecule has 1 fully saturated rings. The topological polar surface area (TPSA) is 32.3 Å². The fraction of sp³-hybridized carbons (Fsp3) is 0.533. The van der Waals surface area contributed by atoms with Crippen LogP contribution in [0.15, 0.2) is 18.2 Å². The lowest BCUT2D eigenvalue weighted by atomic mass is 10.0. The molecule has 3 nitrogen and oxygen atoms in total. The minimum atomic E-state index is -4.95. The molecular formula is C15H16F6N2O. The number of hydrogen-bond acceptors (Lipinski definition) is 1. The number of amides is 2. The molecule has 2 rings (SSSR count). The van der Waals surface area contributed by atoms with Crippen molar-refractivity contribution in [2.45, 2.75) is 44.6 Å². The van der Waals surface area contributed by atoms with Crippen LogP contribution in [0.4, 0.5) is 36.8 Å². The third-order valence-electron chi connectivity index (χ3n) is 3.90. The molecule has 0 aromatic heterocycles. The molecule has 134 valence electrons. The first-order chi connectivity index (χ1) is 11.0. The van der Waals surface area contributed by atoms with Gasteiger partial charge in [-0.25, -0.2) is 4.79 Å². The molecule has 0 radical (unpaired) electrons. The second-order valence-corrected chi connectivity index (χ2v) is 5.76.